The summed E-state index contributed by atoms with van der Waals surface area (Å²) in [7, 11) is -1.92. The predicted molar refractivity (Wildman–Crippen MR) is 71.3 cm³/mol. The van der Waals surface area contributed by atoms with Gasteiger partial charge in [-0.15, -0.1) is 0 Å². The highest BCUT2D eigenvalue weighted by molar-refractivity contribution is 7.92. The smallest absolute Gasteiger partial charge is 0.223 e. The molecular weight excluding hydrogens is 260 g/mol. The fourth-order valence-corrected chi connectivity index (χ4v) is 2.80. The van der Waals surface area contributed by atoms with Crippen molar-refractivity contribution in [2.45, 2.75) is 25.0 Å². The van der Waals surface area contributed by atoms with Crippen molar-refractivity contribution in [1.29, 1.82) is 0 Å². The summed E-state index contributed by atoms with van der Waals surface area (Å²) in [5.41, 5.74) is 5.36. The number of sulfonamides is 1. The Morgan fingerprint density at radius 3 is 2.65 bits per heavy atom. The van der Waals surface area contributed by atoms with Crippen molar-refractivity contribution >= 4 is 27.2 Å². The fraction of sp³-hybridized carbons (Fsp3) is 0.900. The Balaban J connectivity index is 2.33. The average molecular weight is 280 g/mol. The largest absolute Gasteiger partial charge is 0.392 e. The molecule has 1 fully saturated rings. The molecule has 1 atom stereocenters. The van der Waals surface area contributed by atoms with E-state index in [0.717, 1.165) is 6.61 Å². The average Bonchev–Trinajstić information content (AvgIpc) is 3.06. The lowest BCUT2D eigenvalue weighted by molar-refractivity contribution is 0.117. The summed E-state index contributed by atoms with van der Waals surface area (Å²) in [5, 5.41) is -0.828. The maximum absolute atomic E-state index is 11.9. The molecule has 0 amide bonds. The van der Waals surface area contributed by atoms with Crippen molar-refractivity contribution in [3.05, 3.63) is 0 Å². The van der Waals surface area contributed by atoms with E-state index in [1.807, 2.05) is 0 Å². The Labute approximate surface area is 108 Å². The second-order valence-corrected chi connectivity index (χ2v) is 7.26. The van der Waals surface area contributed by atoms with Crippen molar-refractivity contribution < 1.29 is 13.2 Å². The third-order valence-electron chi connectivity index (χ3n) is 2.88. The van der Waals surface area contributed by atoms with Crippen molar-refractivity contribution in [2.24, 2.45) is 11.7 Å². The second-order valence-electron chi connectivity index (χ2n) is 4.43. The molecule has 1 aliphatic rings. The first kappa shape index (κ1) is 14.8. The van der Waals surface area contributed by atoms with E-state index in [1.165, 1.54) is 31.1 Å². The van der Waals surface area contributed by atoms with Crippen LogP contribution >= 0.6 is 12.2 Å². The normalized spacial score (nSPS) is 18.3. The Morgan fingerprint density at radius 2 is 2.18 bits per heavy atom. The van der Waals surface area contributed by atoms with E-state index in [9.17, 15) is 8.42 Å². The first-order chi connectivity index (χ1) is 7.85. The highest BCUT2D eigenvalue weighted by atomic mass is 32.2. The van der Waals surface area contributed by atoms with E-state index < -0.39 is 15.3 Å². The molecule has 0 heterocycles. The van der Waals surface area contributed by atoms with Gasteiger partial charge in [0.15, 0.2) is 0 Å². The molecule has 0 aromatic rings. The minimum absolute atomic E-state index is 0.00394. The molecule has 0 spiro atoms. The SMILES string of the molecule is CC(C(N)=S)S(=O)(=O)N(C)CCOCC1CC1. The molecular formula is C10H20N2O3S2. The molecule has 17 heavy (non-hydrogen) atoms. The van der Waals surface area contributed by atoms with Crippen LogP contribution in [0.25, 0.3) is 0 Å². The number of hydrogen-bond acceptors (Lipinski definition) is 4. The van der Waals surface area contributed by atoms with Crippen molar-refractivity contribution in [3.63, 3.8) is 0 Å². The first-order valence-corrected chi connectivity index (χ1v) is 7.59. The molecule has 1 saturated carbocycles. The number of nitrogens with zero attached hydrogens (tertiary/aromatic N) is 1. The summed E-state index contributed by atoms with van der Waals surface area (Å²) in [6.45, 7) is 2.98. The number of likely N-dealkylation sites (N-methyl/N-ethyl adjacent to an activating group) is 1. The monoisotopic (exact) mass is 280 g/mol. The van der Waals surface area contributed by atoms with E-state index in [2.05, 4.69) is 0 Å². The lowest BCUT2D eigenvalue weighted by atomic mass is 10.5. The van der Waals surface area contributed by atoms with Crippen LogP contribution in [0.15, 0.2) is 0 Å². The molecule has 0 aliphatic heterocycles. The molecule has 0 aromatic heterocycles. The van der Waals surface area contributed by atoms with Crippen molar-refractivity contribution in [2.75, 3.05) is 26.8 Å². The number of thiocarbonyl (C=S) groups is 1. The second kappa shape index (κ2) is 6.08. The van der Waals surface area contributed by atoms with Crippen molar-refractivity contribution in [1.82, 2.24) is 4.31 Å². The number of nitrogens with two attached hydrogens (primary N) is 1. The van der Waals surface area contributed by atoms with Crippen LogP contribution in [0.1, 0.15) is 19.8 Å². The fourth-order valence-electron chi connectivity index (χ4n) is 1.27. The van der Waals surface area contributed by atoms with Crippen LogP contribution in [-0.4, -0.2) is 49.8 Å². The zero-order chi connectivity index (χ0) is 13.1. The summed E-state index contributed by atoms with van der Waals surface area (Å²) >= 11 is 4.70. The lowest BCUT2D eigenvalue weighted by Gasteiger charge is -2.21. The van der Waals surface area contributed by atoms with Gasteiger partial charge in [-0.25, -0.2) is 12.7 Å². The molecule has 1 aliphatic carbocycles. The predicted octanol–water partition coefficient (Wildman–Crippen LogP) is 0.349. The summed E-state index contributed by atoms with van der Waals surface area (Å²) < 4.78 is 30.5. The summed E-state index contributed by atoms with van der Waals surface area (Å²) in [6.07, 6.45) is 2.46. The standard InChI is InChI=1S/C10H20N2O3S2/c1-8(10(11)16)17(13,14)12(2)5-6-15-7-9-3-4-9/h8-9H,3-7H2,1-2H3,(H2,11,16). The zero-order valence-corrected chi connectivity index (χ0v) is 11.9. The maximum Gasteiger partial charge on any atom is 0.223 e. The van der Waals surface area contributed by atoms with E-state index in [-0.39, 0.29) is 4.99 Å². The van der Waals surface area contributed by atoms with Crippen LogP contribution in [0.3, 0.4) is 0 Å². The van der Waals surface area contributed by atoms with Gasteiger partial charge in [0.25, 0.3) is 0 Å². The molecule has 0 aromatic carbocycles. The van der Waals surface area contributed by atoms with Crippen LogP contribution in [0, 0.1) is 5.92 Å². The summed E-state index contributed by atoms with van der Waals surface area (Å²) in [4.78, 5) is -0.00394. The Morgan fingerprint density at radius 1 is 1.59 bits per heavy atom. The minimum atomic E-state index is -3.44. The topological polar surface area (TPSA) is 72.6 Å². The molecule has 5 nitrogen and oxygen atoms in total. The number of rotatable bonds is 8. The molecule has 0 saturated heterocycles. The minimum Gasteiger partial charge on any atom is -0.392 e. The third kappa shape index (κ3) is 4.50. The van der Waals surface area contributed by atoms with E-state index >= 15 is 0 Å². The Kier molecular flexibility index (Phi) is 5.30. The zero-order valence-electron chi connectivity index (χ0n) is 10.3. The van der Waals surface area contributed by atoms with Gasteiger partial charge < -0.3 is 10.5 Å². The van der Waals surface area contributed by atoms with Crippen LogP contribution in [0.5, 0.6) is 0 Å². The van der Waals surface area contributed by atoms with Gasteiger partial charge in [-0.1, -0.05) is 12.2 Å². The first-order valence-electron chi connectivity index (χ1n) is 5.68. The van der Waals surface area contributed by atoms with Crippen LogP contribution in [-0.2, 0) is 14.8 Å². The van der Waals surface area contributed by atoms with Gasteiger partial charge in [-0.2, -0.15) is 0 Å². The van der Waals surface area contributed by atoms with E-state index in [4.69, 9.17) is 22.7 Å². The third-order valence-corrected chi connectivity index (χ3v) is 5.58. The summed E-state index contributed by atoms with van der Waals surface area (Å²) in [6, 6.07) is 0. The molecule has 7 heteroatoms. The van der Waals surface area contributed by atoms with Gasteiger partial charge in [0.1, 0.15) is 5.25 Å². The van der Waals surface area contributed by atoms with Crippen LogP contribution in [0.4, 0.5) is 0 Å². The van der Waals surface area contributed by atoms with Crippen molar-refractivity contribution in [3.8, 4) is 0 Å². The van der Waals surface area contributed by atoms with E-state index in [0.29, 0.717) is 19.1 Å². The van der Waals surface area contributed by atoms with Gasteiger partial charge in [0.05, 0.1) is 11.6 Å². The van der Waals surface area contributed by atoms with Gasteiger partial charge in [0, 0.05) is 20.2 Å². The maximum atomic E-state index is 11.9. The highest BCUT2D eigenvalue weighted by Crippen LogP contribution is 2.28. The molecule has 0 radical (unpaired) electrons. The van der Waals surface area contributed by atoms with Crippen LogP contribution < -0.4 is 5.73 Å². The molecule has 1 unspecified atom stereocenters. The Bertz CT molecular complexity index is 366. The molecule has 0 bridgehead atoms. The molecule has 100 valence electrons. The van der Waals surface area contributed by atoms with Gasteiger partial charge >= 0.3 is 0 Å². The van der Waals surface area contributed by atoms with Crippen LogP contribution in [0.2, 0.25) is 0 Å². The highest BCUT2D eigenvalue weighted by Gasteiger charge is 2.28. The van der Waals surface area contributed by atoms with Gasteiger partial charge in [0.2, 0.25) is 10.0 Å². The summed E-state index contributed by atoms with van der Waals surface area (Å²) in [5.74, 6) is 0.687. The Hall–Kier alpha value is -0.240. The number of ether oxygens (including phenoxy) is 1. The van der Waals surface area contributed by atoms with E-state index in [1.54, 1.807) is 0 Å². The number of hydrogen-bond donors (Lipinski definition) is 1. The molecule has 1 rings (SSSR count). The quantitative estimate of drug-likeness (QED) is 0.513. The lowest BCUT2D eigenvalue weighted by Crippen LogP contribution is -2.42. The van der Waals surface area contributed by atoms with Gasteiger partial charge in [-0.3, -0.25) is 0 Å². The van der Waals surface area contributed by atoms with Gasteiger partial charge in [-0.05, 0) is 25.7 Å². The molecule has 2 N–H and O–H groups in total.